The normalized spacial score (nSPS) is 13.3. The first-order valence-electron chi connectivity index (χ1n) is 8.19. The molecule has 3 aromatic carbocycles. The third-order valence-corrected chi connectivity index (χ3v) is 6.32. The molecule has 0 fully saturated rings. The van der Waals surface area contributed by atoms with Crippen molar-refractivity contribution in [3.8, 4) is 0 Å². The molecule has 1 heterocycles. The van der Waals surface area contributed by atoms with Crippen LogP contribution in [0, 0.1) is 0 Å². The second-order valence-electron chi connectivity index (χ2n) is 6.15. The van der Waals surface area contributed by atoms with Gasteiger partial charge in [-0.3, -0.25) is 5.10 Å². The van der Waals surface area contributed by atoms with Crippen molar-refractivity contribution in [3.63, 3.8) is 0 Å². The summed E-state index contributed by atoms with van der Waals surface area (Å²) in [6.07, 6.45) is 0. The molecule has 132 valence electrons. The maximum absolute atomic E-state index is 13.3. The molecule has 7 heteroatoms. The molecular weight excluding hydrogens is 348 g/mol. The fraction of sp³-hybridized carbons (Fsp3) is 0.105. The number of nitrogens with zero attached hydrogens (tertiary/aromatic N) is 1. The Hall–Kier alpha value is -2.74. The lowest BCUT2D eigenvalue weighted by Crippen LogP contribution is -2.20. The molecule has 0 saturated heterocycles. The van der Waals surface area contributed by atoms with Crippen LogP contribution in [0.25, 0.3) is 21.7 Å². The Morgan fingerprint density at radius 3 is 2.58 bits per heavy atom. The lowest BCUT2D eigenvalue weighted by molar-refractivity contribution is 0.593. The smallest absolute Gasteiger partial charge is 0.224 e. The van der Waals surface area contributed by atoms with Crippen LogP contribution in [0.1, 0.15) is 11.6 Å². The SMILES string of the molecule is NCC(N)c1ccc2c(S(=O)(=O)c3cccc4ccccc34)[nH]nc2c1. The van der Waals surface area contributed by atoms with Crippen molar-refractivity contribution in [1.29, 1.82) is 0 Å². The van der Waals surface area contributed by atoms with Gasteiger partial charge in [-0.05, 0) is 29.1 Å². The van der Waals surface area contributed by atoms with Gasteiger partial charge in [-0.1, -0.05) is 42.5 Å². The molecule has 0 spiro atoms. The van der Waals surface area contributed by atoms with Crippen molar-refractivity contribution in [1.82, 2.24) is 10.2 Å². The summed E-state index contributed by atoms with van der Waals surface area (Å²) >= 11 is 0. The van der Waals surface area contributed by atoms with E-state index in [0.717, 1.165) is 10.9 Å². The van der Waals surface area contributed by atoms with E-state index in [4.69, 9.17) is 11.5 Å². The molecule has 1 atom stereocenters. The molecule has 0 aliphatic carbocycles. The molecule has 5 N–H and O–H groups in total. The minimum atomic E-state index is -3.76. The van der Waals surface area contributed by atoms with Gasteiger partial charge in [0.25, 0.3) is 0 Å². The third-order valence-electron chi connectivity index (χ3n) is 4.53. The Balaban J connectivity index is 1.91. The Bertz CT molecular complexity index is 1210. The minimum Gasteiger partial charge on any atom is -0.329 e. The average Bonchev–Trinajstić information content (AvgIpc) is 3.10. The summed E-state index contributed by atoms with van der Waals surface area (Å²) in [6.45, 7) is 0.303. The molecule has 1 aromatic heterocycles. The van der Waals surface area contributed by atoms with Gasteiger partial charge in [0.15, 0.2) is 5.03 Å². The zero-order valence-electron chi connectivity index (χ0n) is 13.9. The summed E-state index contributed by atoms with van der Waals surface area (Å²) in [5, 5.41) is 9.02. The summed E-state index contributed by atoms with van der Waals surface area (Å²) in [4.78, 5) is 0.254. The molecule has 0 aliphatic heterocycles. The van der Waals surface area contributed by atoms with Crippen LogP contribution in [-0.4, -0.2) is 25.2 Å². The lowest BCUT2D eigenvalue weighted by atomic mass is 10.1. The standard InChI is InChI=1S/C19H18N4O2S/c20-11-16(21)13-8-9-15-17(10-13)22-23-19(15)26(24,25)18-7-3-5-12-4-1-2-6-14(12)18/h1-10,16H,11,20-21H2,(H,22,23). The Kier molecular flexibility index (Phi) is 3.99. The Morgan fingerprint density at radius 2 is 1.77 bits per heavy atom. The summed E-state index contributed by atoms with van der Waals surface area (Å²) < 4.78 is 26.6. The summed E-state index contributed by atoms with van der Waals surface area (Å²) in [6, 6.07) is 17.6. The molecule has 4 aromatic rings. The van der Waals surface area contributed by atoms with Crippen LogP contribution >= 0.6 is 0 Å². The van der Waals surface area contributed by atoms with Crippen molar-refractivity contribution in [2.75, 3.05) is 6.54 Å². The van der Waals surface area contributed by atoms with Crippen LogP contribution in [0.15, 0.2) is 70.6 Å². The van der Waals surface area contributed by atoms with Gasteiger partial charge in [0.2, 0.25) is 9.84 Å². The second-order valence-corrected chi connectivity index (χ2v) is 8.01. The summed E-state index contributed by atoms with van der Waals surface area (Å²) in [5.41, 5.74) is 12.9. The molecule has 1 unspecified atom stereocenters. The predicted molar refractivity (Wildman–Crippen MR) is 101 cm³/mol. The molecule has 0 radical (unpaired) electrons. The predicted octanol–water partition coefficient (Wildman–Crippen LogP) is 2.51. The molecule has 0 amide bonds. The van der Waals surface area contributed by atoms with Gasteiger partial charge < -0.3 is 11.5 Å². The number of nitrogens with two attached hydrogens (primary N) is 2. The van der Waals surface area contributed by atoms with Gasteiger partial charge in [-0.15, -0.1) is 0 Å². The zero-order valence-corrected chi connectivity index (χ0v) is 14.7. The summed E-state index contributed by atoms with van der Waals surface area (Å²) in [7, 11) is -3.76. The first kappa shape index (κ1) is 16.7. The van der Waals surface area contributed by atoms with Crippen molar-refractivity contribution in [2.45, 2.75) is 16.0 Å². The number of rotatable bonds is 4. The lowest BCUT2D eigenvalue weighted by Gasteiger charge is -2.09. The molecule has 4 rings (SSSR count). The maximum Gasteiger partial charge on any atom is 0.224 e. The largest absolute Gasteiger partial charge is 0.329 e. The number of hydrogen-bond acceptors (Lipinski definition) is 5. The van der Waals surface area contributed by atoms with E-state index >= 15 is 0 Å². The van der Waals surface area contributed by atoms with E-state index in [1.54, 1.807) is 36.4 Å². The fourth-order valence-corrected chi connectivity index (χ4v) is 4.70. The maximum atomic E-state index is 13.3. The number of sulfone groups is 1. The number of aromatic amines is 1. The van der Waals surface area contributed by atoms with E-state index < -0.39 is 9.84 Å². The van der Waals surface area contributed by atoms with Gasteiger partial charge in [0.05, 0.1) is 10.4 Å². The van der Waals surface area contributed by atoms with E-state index in [-0.39, 0.29) is 16.0 Å². The van der Waals surface area contributed by atoms with Crippen LogP contribution in [0.3, 0.4) is 0 Å². The zero-order chi connectivity index (χ0) is 18.3. The molecule has 0 aliphatic rings. The van der Waals surface area contributed by atoms with Crippen LogP contribution in [-0.2, 0) is 9.84 Å². The van der Waals surface area contributed by atoms with Crippen LogP contribution in [0.4, 0.5) is 0 Å². The van der Waals surface area contributed by atoms with Crippen molar-refractivity contribution in [2.24, 2.45) is 11.5 Å². The van der Waals surface area contributed by atoms with Crippen molar-refractivity contribution < 1.29 is 8.42 Å². The van der Waals surface area contributed by atoms with Gasteiger partial charge in [0.1, 0.15) is 0 Å². The molecular formula is C19H18N4O2S. The van der Waals surface area contributed by atoms with E-state index in [1.165, 1.54) is 0 Å². The summed E-state index contributed by atoms with van der Waals surface area (Å²) in [5.74, 6) is 0. The fourth-order valence-electron chi connectivity index (χ4n) is 3.12. The number of H-pyrrole nitrogens is 1. The molecule has 0 bridgehead atoms. The van der Waals surface area contributed by atoms with E-state index in [1.807, 2.05) is 24.3 Å². The number of aromatic nitrogens is 2. The minimum absolute atomic E-state index is 0.0803. The average molecular weight is 366 g/mol. The van der Waals surface area contributed by atoms with E-state index in [2.05, 4.69) is 10.2 Å². The van der Waals surface area contributed by atoms with Crippen LogP contribution in [0.2, 0.25) is 0 Å². The van der Waals surface area contributed by atoms with Crippen molar-refractivity contribution in [3.05, 3.63) is 66.2 Å². The van der Waals surface area contributed by atoms with Gasteiger partial charge >= 0.3 is 0 Å². The monoisotopic (exact) mass is 366 g/mol. The highest BCUT2D eigenvalue weighted by atomic mass is 32.2. The quantitative estimate of drug-likeness (QED) is 0.513. The first-order valence-corrected chi connectivity index (χ1v) is 9.67. The number of nitrogens with one attached hydrogen (secondary N) is 1. The highest BCUT2D eigenvalue weighted by Crippen LogP contribution is 2.31. The highest BCUT2D eigenvalue weighted by molar-refractivity contribution is 7.91. The van der Waals surface area contributed by atoms with Crippen LogP contribution < -0.4 is 11.5 Å². The van der Waals surface area contributed by atoms with Crippen LogP contribution in [0.5, 0.6) is 0 Å². The number of benzene rings is 3. The first-order chi connectivity index (χ1) is 12.5. The Labute approximate surface area is 150 Å². The number of fused-ring (bicyclic) bond motifs is 2. The molecule has 6 nitrogen and oxygen atoms in total. The topological polar surface area (TPSA) is 115 Å². The van der Waals surface area contributed by atoms with E-state index in [9.17, 15) is 8.42 Å². The van der Waals surface area contributed by atoms with E-state index in [0.29, 0.717) is 22.8 Å². The molecule has 26 heavy (non-hydrogen) atoms. The van der Waals surface area contributed by atoms with Gasteiger partial charge in [-0.25, -0.2) is 8.42 Å². The Morgan fingerprint density at radius 1 is 1.00 bits per heavy atom. The molecule has 0 saturated carbocycles. The third kappa shape index (κ3) is 2.57. The highest BCUT2D eigenvalue weighted by Gasteiger charge is 2.25. The van der Waals surface area contributed by atoms with Gasteiger partial charge in [0, 0.05) is 23.4 Å². The van der Waals surface area contributed by atoms with Gasteiger partial charge in [-0.2, -0.15) is 5.10 Å². The van der Waals surface area contributed by atoms with Crippen molar-refractivity contribution >= 4 is 31.5 Å². The second kappa shape index (κ2) is 6.21. The number of hydrogen-bond donors (Lipinski definition) is 3.